The fraction of sp³-hybridized carbons (Fsp3) is 0.682. The lowest BCUT2D eigenvalue weighted by Gasteiger charge is -2.32. The molecule has 0 bridgehead atoms. The van der Waals surface area contributed by atoms with Crippen molar-refractivity contribution in [1.82, 2.24) is 4.90 Å². The number of rotatable bonds is 7. The Kier molecular flexibility index (Phi) is 7.68. The molecule has 5 nitrogen and oxygen atoms in total. The number of carbonyl (C=O) groups excluding carboxylic acids is 1. The zero-order valence-electron chi connectivity index (χ0n) is 17.5. The Bertz CT molecular complexity index is 615. The van der Waals surface area contributed by atoms with Gasteiger partial charge in [0.15, 0.2) is 0 Å². The summed E-state index contributed by atoms with van der Waals surface area (Å²) in [4.78, 5) is 14.0. The summed E-state index contributed by atoms with van der Waals surface area (Å²) in [6, 6.07) is 6.19. The Morgan fingerprint density at radius 3 is 2.56 bits per heavy atom. The molecule has 0 aliphatic carbocycles. The molecular weight excluding hydrogens is 342 g/mol. The van der Waals surface area contributed by atoms with Gasteiger partial charge in [-0.1, -0.05) is 38.5 Å². The quantitative estimate of drug-likeness (QED) is 0.739. The van der Waals surface area contributed by atoms with Crippen LogP contribution in [0.1, 0.15) is 51.7 Å². The first-order valence-electron chi connectivity index (χ1n) is 10.0. The summed E-state index contributed by atoms with van der Waals surface area (Å²) in [5, 5.41) is 10.4. The van der Waals surface area contributed by atoms with Gasteiger partial charge in [0, 0.05) is 6.54 Å². The number of ether oxygens (including phenoxy) is 2. The van der Waals surface area contributed by atoms with E-state index in [1.165, 1.54) is 5.56 Å². The second kappa shape index (κ2) is 9.56. The first kappa shape index (κ1) is 21.7. The van der Waals surface area contributed by atoms with E-state index >= 15 is 0 Å². The molecule has 1 atom stereocenters. The summed E-state index contributed by atoms with van der Waals surface area (Å²) in [6.45, 7) is 13.3. The lowest BCUT2D eigenvalue weighted by molar-refractivity contribution is -0.149. The minimum absolute atomic E-state index is 0.00325. The zero-order valence-corrected chi connectivity index (χ0v) is 17.5. The maximum atomic E-state index is 11.8. The highest BCUT2D eigenvalue weighted by Gasteiger charge is 2.27. The number of β-amino-alcohol motifs (C(OH)–C–C–N with tert-alkyl or cyclic N) is 1. The number of nitrogens with zero attached hydrogens (tertiary/aromatic N) is 1. The van der Waals surface area contributed by atoms with Gasteiger partial charge in [0.1, 0.15) is 18.5 Å². The van der Waals surface area contributed by atoms with Gasteiger partial charge in [0.2, 0.25) is 0 Å². The maximum absolute atomic E-state index is 11.8. The summed E-state index contributed by atoms with van der Waals surface area (Å²) in [5.41, 5.74) is 2.35. The number of carbonyl (C=O) groups is 1. The van der Waals surface area contributed by atoms with E-state index in [1.807, 2.05) is 19.1 Å². The van der Waals surface area contributed by atoms with E-state index in [0.717, 1.165) is 37.2 Å². The van der Waals surface area contributed by atoms with Crippen molar-refractivity contribution >= 4 is 5.97 Å². The van der Waals surface area contributed by atoms with Crippen LogP contribution in [0, 0.1) is 12.8 Å². The van der Waals surface area contributed by atoms with Crippen LogP contribution in [0.15, 0.2) is 18.2 Å². The van der Waals surface area contributed by atoms with E-state index in [0.29, 0.717) is 13.2 Å². The second-order valence-corrected chi connectivity index (χ2v) is 8.54. The van der Waals surface area contributed by atoms with Gasteiger partial charge in [-0.25, -0.2) is 0 Å². The summed E-state index contributed by atoms with van der Waals surface area (Å²) in [6.07, 6.45) is 1.02. The van der Waals surface area contributed by atoms with Crippen molar-refractivity contribution in [1.29, 1.82) is 0 Å². The molecule has 0 amide bonds. The van der Waals surface area contributed by atoms with Crippen molar-refractivity contribution < 1.29 is 19.4 Å². The van der Waals surface area contributed by atoms with Crippen LogP contribution in [0.25, 0.3) is 0 Å². The van der Waals surface area contributed by atoms with E-state index in [-0.39, 0.29) is 23.9 Å². The Morgan fingerprint density at radius 2 is 1.96 bits per heavy atom. The van der Waals surface area contributed by atoms with Crippen LogP contribution in [0.2, 0.25) is 0 Å². The highest BCUT2D eigenvalue weighted by molar-refractivity contribution is 5.72. The van der Waals surface area contributed by atoms with Gasteiger partial charge in [0.05, 0.1) is 12.5 Å². The third kappa shape index (κ3) is 6.51. The van der Waals surface area contributed by atoms with E-state index in [2.05, 4.69) is 38.7 Å². The number of benzene rings is 1. The van der Waals surface area contributed by atoms with Crippen LogP contribution in [0.5, 0.6) is 5.75 Å². The van der Waals surface area contributed by atoms with Crippen molar-refractivity contribution in [2.24, 2.45) is 5.92 Å². The molecule has 27 heavy (non-hydrogen) atoms. The molecule has 0 unspecified atom stereocenters. The van der Waals surface area contributed by atoms with Gasteiger partial charge < -0.3 is 19.5 Å². The van der Waals surface area contributed by atoms with Crippen LogP contribution in [-0.2, 0) is 14.9 Å². The Labute approximate surface area is 163 Å². The Hall–Kier alpha value is -1.59. The van der Waals surface area contributed by atoms with Crippen molar-refractivity contribution in [2.45, 2.75) is 59.0 Å². The van der Waals surface area contributed by atoms with Crippen molar-refractivity contribution in [3.05, 3.63) is 29.3 Å². The zero-order chi connectivity index (χ0) is 20.0. The number of hydrogen-bond donors (Lipinski definition) is 1. The third-order valence-electron chi connectivity index (χ3n) is 5.05. The third-order valence-corrected chi connectivity index (χ3v) is 5.05. The van der Waals surface area contributed by atoms with E-state index < -0.39 is 6.10 Å². The normalized spacial score (nSPS) is 17.6. The molecule has 1 N–H and O–H groups in total. The molecule has 1 aromatic rings. The SMILES string of the molecule is CCOC(=O)C1CCN(C[C@H](O)COc2ccc(C)cc2C(C)(C)C)CC1. The predicted molar refractivity (Wildman–Crippen MR) is 107 cm³/mol. The monoisotopic (exact) mass is 377 g/mol. The molecule has 0 aromatic heterocycles. The van der Waals surface area contributed by atoms with Crippen molar-refractivity contribution in [3.8, 4) is 5.75 Å². The van der Waals surface area contributed by atoms with E-state index in [4.69, 9.17) is 9.47 Å². The molecule has 1 heterocycles. The van der Waals surface area contributed by atoms with E-state index in [9.17, 15) is 9.90 Å². The van der Waals surface area contributed by atoms with Crippen molar-refractivity contribution in [3.63, 3.8) is 0 Å². The van der Waals surface area contributed by atoms with Crippen LogP contribution in [0.3, 0.4) is 0 Å². The highest BCUT2D eigenvalue weighted by atomic mass is 16.5. The first-order valence-corrected chi connectivity index (χ1v) is 10.0. The number of likely N-dealkylation sites (tertiary alicyclic amines) is 1. The molecule has 1 aliphatic heterocycles. The molecule has 1 aromatic carbocycles. The molecule has 1 saturated heterocycles. The average molecular weight is 378 g/mol. The molecule has 0 radical (unpaired) electrons. The average Bonchev–Trinajstić information content (AvgIpc) is 2.60. The Balaban J connectivity index is 1.82. The molecule has 0 saturated carbocycles. The molecule has 1 aliphatic rings. The fourth-order valence-corrected chi connectivity index (χ4v) is 3.50. The van der Waals surface area contributed by atoms with Crippen LogP contribution < -0.4 is 4.74 Å². The molecule has 2 rings (SSSR count). The van der Waals surface area contributed by atoms with Crippen molar-refractivity contribution in [2.75, 3.05) is 32.8 Å². The molecule has 0 spiro atoms. The van der Waals surface area contributed by atoms with Crippen LogP contribution in [0.4, 0.5) is 0 Å². The molecular formula is C22H35NO4. The molecule has 5 heteroatoms. The number of esters is 1. The van der Waals surface area contributed by atoms with Crippen LogP contribution >= 0.6 is 0 Å². The standard InChI is InChI=1S/C22H35NO4/c1-6-26-21(25)17-9-11-23(12-10-17)14-18(24)15-27-20-8-7-16(2)13-19(20)22(3,4)5/h7-8,13,17-18,24H,6,9-12,14-15H2,1-5H3/t18-/m0/s1. The second-order valence-electron chi connectivity index (χ2n) is 8.54. The topological polar surface area (TPSA) is 59.0 Å². The smallest absolute Gasteiger partial charge is 0.309 e. The Morgan fingerprint density at radius 1 is 1.30 bits per heavy atom. The number of piperidine rings is 1. The lowest BCUT2D eigenvalue weighted by Crippen LogP contribution is -2.42. The highest BCUT2D eigenvalue weighted by Crippen LogP contribution is 2.32. The van der Waals surface area contributed by atoms with Gasteiger partial charge >= 0.3 is 5.97 Å². The van der Waals surface area contributed by atoms with Gasteiger partial charge in [0.25, 0.3) is 0 Å². The summed E-state index contributed by atoms with van der Waals surface area (Å²) < 4.78 is 11.1. The number of aliphatic hydroxyl groups excluding tert-OH is 1. The number of aryl methyl sites for hydroxylation is 1. The van der Waals surface area contributed by atoms with Crippen LogP contribution in [-0.4, -0.2) is 54.9 Å². The lowest BCUT2D eigenvalue weighted by atomic mass is 9.85. The number of hydrogen-bond acceptors (Lipinski definition) is 5. The fourth-order valence-electron chi connectivity index (χ4n) is 3.50. The van der Waals surface area contributed by atoms with Gasteiger partial charge in [-0.3, -0.25) is 4.79 Å². The van der Waals surface area contributed by atoms with Gasteiger partial charge in [-0.15, -0.1) is 0 Å². The van der Waals surface area contributed by atoms with E-state index in [1.54, 1.807) is 0 Å². The number of aliphatic hydroxyl groups is 1. The van der Waals surface area contributed by atoms with Gasteiger partial charge in [-0.05, 0) is 56.8 Å². The summed E-state index contributed by atoms with van der Waals surface area (Å²) >= 11 is 0. The largest absolute Gasteiger partial charge is 0.491 e. The maximum Gasteiger partial charge on any atom is 0.309 e. The van der Waals surface area contributed by atoms with Gasteiger partial charge in [-0.2, -0.15) is 0 Å². The molecule has 152 valence electrons. The first-order chi connectivity index (χ1) is 12.7. The summed E-state index contributed by atoms with van der Waals surface area (Å²) in [7, 11) is 0. The molecule has 1 fully saturated rings. The summed E-state index contributed by atoms with van der Waals surface area (Å²) in [5.74, 6) is 0.750. The minimum atomic E-state index is -0.557. The minimum Gasteiger partial charge on any atom is -0.491 e. The predicted octanol–water partition coefficient (Wildman–Crippen LogP) is 3.31.